The minimum Gasteiger partial charge on any atom is -0.479 e. The van der Waals surface area contributed by atoms with Gasteiger partial charge in [0.15, 0.2) is 16.3 Å². The van der Waals surface area contributed by atoms with E-state index in [1.807, 2.05) is 11.6 Å². The third kappa shape index (κ3) is 3.36. The molecule has 7 heteroatoms. The molecule has 0 unspecified atom stereocenters. The van der Waals surface area contributed by atoms with E-state index in [0.717, 1.165) is 29.4 Å². The fraction of sp³-hybridized carbons (Fsp3) is 0.583. The van der Waals surface area contributed by atoms with Crippen molar-refractivity contribution in [1.82, 2.24) is 24.4 Å². The van der Waals surface area contributed by atoms with Crippen LogP contribution in [0.5, 0.6) is 5.88 Å². The van der Waals surface area contributed by atoms with Gasteiger partial charge in [0, 0.05) is 12.8 Å². The molecule has 6 nitrogen and oxygen atoms in total. The Balaban J connectivity index is 2.11. The van der Waals surface area contributed by atoms with Crippen LogP contribution in [0.3, 0.4) is 0 Å². The second-order valence-electron chi connectivity index (χ2n) is 4.55. The lowest BCUT2D eigenvalue weighted by atomic mass is 10.5. The predicted octanol–water partition coefficient (Wildman–Crippen LogP) is 1.42. The molecule has 0 aliphatic carbocycles. The van der Waals surface area contributed by atoms with Gasteiger partial charge in [-0.1, -0.05) is 11.8 Å². The van der Waals surface area contributed by atoms with Gasteiger partial charge in [0.25, 0.3) is 0 Å². The summed E-state index contributed by atoms with van der Waals surface area (Å²) in [6, 6.07) is 0. The van der Waals surface area contributed by atoms with Crippen LogP contribution in [-0.4, -0.2) is 57.9 Å². The van der Waals surface area contributed by atoms with Gasteiger partial charge in [-0.3, -0.25) is 0 Å². The third-order valence-electron chi connectivity index (χ3n) is 2.69. The maximum absolute atomic E-state index is 5.32. The number of nitrogens with zero attached hydrogens (tertiary/aromatic N) is 5. The van der Waals surface area contributed by atoms with Crippen LogP contribution in [0.1, 0.15) is 6.42 Å². The largest absolute Gasteiger partial charge is 0.479 e. The van der Waals surface area contributed by atoms with E-state index < -0.39 is 0 Å². The first kappa shape index (κ1) is 14.1. The molecule has 2 rings (SSSR count). The van der Waals surface area contributed by atoms with Crippen molar-refractivity contribution in [3.8, 4) is 5.88 Å². The molecule has 2 aromatic rings. The maximum atomic E-state index is 5.32. The molecule has 104 valence electrons. The van der Waals surface area contributed by atoms with Crippen LogP contribution < -0.4 is 4.74 Å². The van der Waals surface area contributed by atoms with Crippen molar-refractivity contribution in [3.05, 3.63) is 6.33 Å². The number of hydrogen-bond donors (Lipinski definition) is 0. The Bertz CT molecular complexity index is 554. The maximum Gasteiger partial charge on any atom is 0.244 e. The van der Waals surface area contributed by atoms with E-state index >= 15 is 0 Å². The van der Waals surface area contributed by atoms with Crippen LogP contribution >= 0.6 is 11.8 Å². The highest BCUT2D eigenvalue weighted by atomic mass is 32.2. The fourth-order valence-corrected chi connectivity index (χ4v) is 2.51. The topological polar surface area (TPSA) is 56.1 Å². The highest BCUT2D eigenvalue weighted by molar-refractivity contribution is 7.99. The molecule has 2 heterocycles. The number of thioether (sulfide) groups is 1. The summed E-state index contributed by atoms with van der Waals surface area (Å²) in [6.45, 7) is 1.07. The van der Waals surface area contributed by atoms with Gasteiger partial charge in [-0.05, 0) is 27.1 Å². The molecule has 0 spiro atoms. The van der Waals surface area contributed by atoms with Crippen molar-refractivity contribution >= 4 is 22.9 Å². The Morgan fingerprint density at radius 1 is 1.37 bits per heavy atom. The van der Waals surface area contributed by atoms with E-state index in [1.165, 1.54) is 0 Å². The lowest BCUT2D eigenvalue weighted by Crippen LogP contribution is -2.13. The van der Waals surface area contributed by atoms with Crippen LogP contribution in [-0.2, 0) is 7.05 Å². The number of rotatable bonds is 6. The summed E-state index contributed by atoms with van der Waals surface area (Å²) in [5.41, 5.74) is 1.52. The van der Waals surface area contributed by atoms with Gasteiger partial charge < -0.3 is 14.2 Å². The minimum absolute atomic E-state index is 0.583. The number of fused-ring (bicyclic) bond motifs is 1. The van der Waals surface area contributed by atoms with E-state index in [-0.39, 0.29) is 0 Å². The standard InChI is InChI=1S/C12H19N5OS/c1-16(2)6-5-7-19-12-14-10-9(11(15-12)18-4)17(3)8-13-10/h8H,5-7H2,1-4H3. The zero-order valence-corrected chi connectivity index (χ0v) is 12.6. The monoisotopic (exact) mass is 281 g/mol. The van der Waals surface area contributed by atoms with Gasteiger partial charge in [0.2, 0.25) is 5.88 Å². The average molecular weight is 281 g/mol. The zero-order valence-electron chi connectivity index (χ0n) is 11.8. The molecule has 0 saturated heterocycles. The zero-order chi connectivity index (χ0) is 13.8. The molecule has 0 amide bonds. The van der Waals surface area contributed by atoms with Crippen molar-refractivity contribution in [2.24, 2.45) is 7.05 Å². The molecule has 2 aromatic heterocycles. The van der Waals surface area contributed by atoms with Gasteiger partial charge >= 0.3 is 0 Å². The Hall–Kier alpha value is -1.34. The van der Waals surface area contributed by atoms with E-state index in [9.17, 15) is 0 Å². The molecule has 0 radical (unpaired) electrons. The smallest absolute Gasteiger partial charge is 0.244 e. The Kier molecular flexibility index (Phi) is 4.60. The first-order chi connectivity index (χ1) is 9.11. The number of ether oxygens (including phenoxy) is 1. The van der Waals surface area contributed by atoms with Crippen molar-refractivity contribution in [2.45, 2.75) is 11.6 Å². The number of aromatic nitrogens is 4. The van der Waals surface area contributed by atoms with Crippen molar-refractivity contribution in [3.63, 3.8) is 0 Å². The molecule has 0 N–H and O–H groups in total. The summed E-state index contributed by atoms with van der Waals surface area (Å²) in [5.74, 6) is 1.57. The van der Waals surface area contributed by atoms with E-state index in [4.69, 9.17) is 4.74 Å². The van der Waals surface area contributed by atoms with Crippen LogP contribution in [0.4, 0.5) is 0 Å². The molecular formula is C12H19N5OS. The van der Waals surface area contributed by atoms with Crippen molar-refractivity contribution in [1.29, 1.82) is 0 Å². The molecule has 0 saturated carbocycles. The molecule has 0 aliphatic heterocycles. The Morgan fingerprint density at radius 2 is 2.16 bits per heavy atom. The van der Waals surface area contributed by atoms with E-state index in [2.05, 4.69) is 33.9 Å². The van der Waals surface area contributed by atoms with Gasteiger partial charge in [-0.25, -0.2) is 9.97 Å². The second kappa shape index (κ2) is 6.21. The van der Waals surface area contributed by atoms with E-state index in [1.54, 1.807) is 25.2 Å². The molecule has 0 atom stereocenters. The van der Waals surface area contributed by atoms with Crippen molar-refractivity contribution < 1.29 is 4.74 Å². The predicted molar refractivity (Wildman–Crippen MR) is 76.8 cm³/mol. The first-order valence-electron chi connectivity index (χ1n) is 6.12. The lowest BCUT2D eigenvalue weighted by Gasteiger charge is -2.08. The normalized spacial score (nSPS) is 11.4. The highest BCUT2D eigenvalue weighted by Crippen LogP contribution is 2.24. The first-order valence-corrected chi connectivity index (χ1v) is 7.11. The average Bonchev–Trinajstić information content (AvgIpc) is 2.75. The molecule has 0 bridgehead atoms. The molecular weight excluding hydrogens is 262 g/mol. The molecule has 0 fully saturated rings. The van der Waals surface area contributed by atoms with E-state index in [0.29, 0.717) is 11.5 Å². The summed E-state index contributed by atoms with van der Waals surface area (Å²) in [7, 11) is 7.68. The highest BCUT2D eigenvalue weighted by Gasteiger charge is 2.12. The van der Waals surface area contributed by atoms with Crippen molar-refractivity contribution in [2.75, 3.05) is 33.5 Å². The quantitative estimate of drug-likeness (QED) is 0.453. The summed E-state index contributed by atoms with van der Waals surface area (Å²) in [5, 5.41) is 0.724. The van der Waals surface area contributed by atoms with Crippen LogP contribution in [0, 0.1) is 0 Å². The van der Waals surface area contributed by atoms with Crippen LogP contribution in [0.25, 0.3) is 11.2 Å². The van der Waals surface area contributed by atoms with Gasteiger partial charge in [0.1, 0.15) is 0 Å². The summed E-state index contributed by atoms with van der Waals surface area (Å²) in [6.07, 6.45) is 2.83. The second-order valence-corrected chi connectivity index (χ2v) is 5.61. The number of aryl methyl sites for hydroxylation is 1. The minimum atomic E-state index is 0.583. The number of imidazole rings is 1. The molecule has 0 aromatic carbocycles. The third-order valence-corrected chi connectivity index (χ3v) is 3.63. The summed E-state index contributed by atoms with van der Waals surface area (Å²) < 4.78 is 7.19. The number of hydrogen-bond acceptors (Lipinski definition) is 6. The Morgan fingerprint density at radius 3 is 2.84 bits per heavy atom. The van der Waals surface area contributed by atoms with Crippen LogP contribution in [0.2, 0.25) is 0 Å². The Labute approximate surface area is 117 Å². The summed E-state index contributed by atoms with van der Waals surface area (Å²) >= 11 is 1.64. The lowest BCUT2D eigenvalue weighted by molar-refractivity contribution is 0.396. The SMILES string of the molecule is COc1nc(SCCCN(C)C)nc2ncn(C)c12. The van der Waals surface area contributed by atoms with Crippen LogP contribution in [0.15, 0.2) is 11.5 Å². The number of methoxy groups -OCH3 is 1. The van der Waals surface area contributed by atoms with Gasteiger partial charge in [-0.2, -0.15) is 4.98 Å². The summed E-state index contributed by atoms with van der Waals surface area (Å²) in [4.78, 5) is 15.3. The molecule has 0 aliphatic rings. The molecule has 19 heavy (non-hydrogen) atoms. The van der Waals surface area contributed by atoms with Gasteiger partial charge in [0.05, 0.1) is 13.4 Å². The van der Waals surface area contributed by atoms with Gasteiger partial charge in [-0.15, -0.1) is 0 Å². The fourth-order valence-electron chi connectivity index (χ4n) is 1.75.